The lowest BCUT2D eigenvalue weighted by Gasteiger charge is -2.13. The van der Waals surface area contributed by atoms with Crippen LogP contribution in [0, 0.1) is 0 Å². The third-order valence-corrected chi connectivity index (χ3v) is 4.11. The Hall–Kier alpha value is -2.81. The van der Waals surface area contributed by atoms with Gasteiger partial charge in [-0.15, -0.1) is 21.8 Å². The predicted octanol–water partition coefficient (Wildman–Crippen LogP) is 4.80. The second-order valence-corrected chi connectivity index (χ2v) is 6.13. The van der Waals surface area contributed by atoms with Gasteiger partial charge in [0.15, 0.2) is 17.3 Å². The van der Waals surface area contributed by atoms with Gasteiger partial charge in [0.1, 0.15) is 5.52 Å². The van der Waals surface area contributed by atoms with Crippen LogP contribution in [0.5, 0.6) is 11.5 Å². The number of rotatable bonds is 7. The zero-order valence-electron chi connectivity index (χ0n) is 14.8. The maximum absolute atomic E-state index is 12.7. The molecular weight excluding hydrogens is 397 g/mol. The van der Waals surface area contributed by atoms with Crippen molar-refractivity contribution in [2.75, 3.05) is 24.9 Å². The molecule has 0 spiro atoms. The number of alkyl halides is 4. The van der Waals surface area contributed by atoms with Gasteiger partial charge in [-0.05, 0) is 42.0 Å². The minimum Gasteiger partial charge on any atom is -0.493 e. The molecule has 3 aromatic rings. The van der Waals surface area contributed by atoms with E-state index < -0.39 is 11.7 Å². The minimum atomic E-state index is -4.39. The third-order valence-electron chi connectivity index (χ3n) is 3.84. The van der Waals surface area contributed by atoms with Crippen LogP contribution in [0.1, 0.15) is 12.0 Å². The van der Waals surface area contributed by atoms with Gasteiger partial charge < -0.3 is 14.8 Å². The zero-order chi connectivity index (χ0) is 20.1. The Labute approximate surface area is 163 Å². The van der Waals surface area contributed by atoms with Crippen LogP contribution in [0.3, 0.4) is 0 Å². The summed E-state index contributed by atoms with van der Waals surface area (Å²) in [6.45, 7) is 0.417. The van der Waals surface area contributed by atoms with Gasteiger partial charge in [-0.3, -0.25) is 0 Å². The number of ether oxygens (including phenoxy) is 2. The predicted molar refractivity (Wildman–Crippen MR) is 99.4 cm³/mol. The summed E-state index contributed by atoms with van der Waals surface area (Å²) in [6.07, 6.45) is -3.72. The van der Waals surface area contributed by atoms with E-state index >= 15 is 0 Å². The quantitative estimate of drug-likeness (QED) is 0.444. The molecule has 0 atom stereocenters. The van der Waals surface area contributed by atoms with E-state index in [0.717, 1.165) is 12.1 Å². The number of hydrogen-bond donors (Lipinski definition) is 1. The normalized spacial score (nSPS) is 11.5. The van der Waals surface area contributed by atoms with Crippen molar-refractivity contribution in [1.82, 2.24) is 15.4 Å². The first kappa shape index (κ1) is 19.9. The first-order valence-corrected chi connectivity index (χ1v) is 8.80. The van der Waals surface area contributed by atoms with Gasteiger partial charge in [0, 0.05) is 17.6 Å². The summed E-state index contributed by atoms with van der Waals surface area (Å²) in [5, 5.41) is 15.2. The van der Waals surface area contributed by atoms with E-state index in [0.29, 0.717) is 52.8 Å². The van der Waals surface area contributed by atoms with E-state index in [1.54, 1.807) is 12.1 Å². The highest BCUT2D eigenvalue weighted by Gasteiger charge is 2.30. The monoisotopic (exact) mass is 412 g/mol. The van der Waals surface area contributed by atoms with Crippen molar-refractivity contribution in [3.63, 3.8) is 0 Å². The first-order valence-electron chi connectivity index (χ1n) is 8.26. The van der Waals surface area contributed by atoms with Crippen molar-refractivity contribution in [2.24, 2.45) is 0 Å². The molecule has 10 heteroatoms. The van der Waals surface area contributed by atoms with Crippen LogP contribution in [-0.4, -0.2) is 35.0 Å². The summed E-state index contributed by atoms with van der Waals surface area (Å²) in [5.41, 5.74) is 0.186. The number of nitrogens with one attached hydrogen (secondary N) is 1. The van der Waals surface area contributed by atoms with Crippen LogP contribution in [0.4, 0.5) is 24.7 Å². The number of hydrogen-bond acceptors (Lipinski definition) is 6. The molecule has 6 nitrogen and oxygen atoms in total. The molecule has 3 rings (SSSR count). The molecule has 0 fully saturated rings. The smallest absolute Gasteiger partial charge is 0.416 e. The molecule has 28 heavy (non-hydrogen) atoms. The number of fused-ring (bicyclic) bond motifs is 1. The average Bonchev–Trinajstić information content (AvgIpc) is 2.67. The summed E-state index contributed by atoms with van der Waals surface area (Å²) in [4.78, 5) is 0. The van der Waals surface area contributed by atoms with Crippen molar-refractivity contribution in [2.45, 2.75) is 12.6 Å². The molecule has 0 aliphatic heterocycles. The van der Waals surface area contributed by atoms with E-state index in [1.165, 1.54) is 19.2 Å². The van der Waals surface area contributed by atoms with Crippen LogP contribution in [0.15, 0.2) is 36.4 Å². The van der Waals surface area contributed by atoms with E-state index in [-0.39, 0.29) is 0 Å². The van der Waals surface area contributed by atoms with Gasteiger partial charge >= 0.3 is 6.18 Å². The van der Waals surface area contributed by atoms with Gasteiger partial charge in [0.2, 0.25) is 0 Å². The van der Waals surface area contributed by atoms with Gasteiger partial charge in [-0.25, -0.2) is 0 Å². The molecule has 0 unspecified atom stereocenters. The lowest BCUT2D eigenvalue weighted by atomic mass is 10.2. The van der Waals surface area contributed by atoms with E-state index in [1.807, 2.05) is 0 Å². The van der Waals surface area contributed by atoms with Crippen molar-refractivity contribution in [3.05, 3.63) is 42.0 Å². The summed E-state index contributed by atoms with van der Waals surface area (Å²) in [6, 6.07) is 7.95. The molecule has 2 aromatic carbocycles. The fourth-order valence-electron chi connectivity index (χ4n) is 2.47. The zero-order valence-corrected chi connectivity index (χ0v) is 15.5. The summed E-state index contributed by atoms with van der Waals surface area (Å²) in [7, 11) is 1.50. The SMILES string of the molecule is COc1cc2c(Nc3ccc(C(F)(F)F)cc3)nnnc2cc1OCCCCl. The highest BCUT2D eigenvalue weighted by molar-refractivity contribution is 6.17. The van der Waals surface area contributed by atoms with Crippen LogP contribution >= 0.6 is 11.6 Å². The summed E-state index contributed by atoms with van der Waals surface area (Å²) in [5.74, 6) is 1.75. The fraction of sp³-hybridized carbons (Fsp3) is 0.278. The van der Waals surface area contributed by atoms with Gasteiger partial charge in [-0.1, -0.05) is 0 Å². The molecule has 0 aliphatic rings. The molecule has 0 radical (unpaired) electrons. The van der Waals surface area contributed by atoms with Crippen LogP contribution < -0.4 is 14.8 Å². The molecule has 1 aromatic heterocycles. The molecule has 0 amide bonds. The Bertz CT molecular complexity index is 952. The number of halogens is 4. The standard InChI is InChI=1S/C18H16ClF3N4O2/c1-27-15-9-13-14(10-16(15)28-8-2-7-19)24-26-25-17(13)23-12-5-3-11(4-6-12)18(20,21)22/h3-6,9-10H,2,7-8H2,1H3,(H,23,24,25). The molecular formula is C18H16ClF3N4O2. The average molecular weight is 413 g/mol. The molecule has 0 saturated heterocycles. The maximum Gasteiger partial charge on any atom is 0.416 e. The second kappa shape index (κ2) is 8.47. The third kappa shape index (κ3) is 4.53. The Morgan fingerprint density at radius 2 is 1.82 bits per heavy atom. The van der Waals surface area contributed by atoms with Crippen LogP contribution in [0.25, 0.3) is 10.9 Å². The highest BCUT2D eigenvalue weighted by atomic mass is 35.5. The topological polar surface area (TPSA) is 69.2 Å². The number of anilines is 2. The number of benzene rings is 2. The Balaban J connectivity index is 1.91. The maximum atomic E-state index is 12.7. The van der Waals surface area contributed by atoms with Crippen LogP contribution in [0.2, 0.25) is 0 Å². The number of aromatic nitrogens is 3. The minimum absolute atomic E-state index is 0.329. The molecule has 0 aliphatic carbocycles. The van der Waals surface area contributed by atoms with Gasteiger partial charge in [0.25, 0.3) is 0 Å². The van der Waals surface area contributed by atoms with E-state index in [4.69, 9.17) is 21.1 Å². The Morgan fingerprint density at radius 3 is 2.46 bits per heavy atom. The highest BCUT2D eigenvalue weighted by Crippen LogP contribution is 2.35. The van der Waals surface area contributed by atoms with Crippen molar-refractivity contribution in [1.29, 1.82) is 0 Å². The Morgan fingerprint density at radius 1 is 1.07 bits per heavy atom. The van der Waals surface area contributed by atoms with Crippen LogP contribution in [-0.2, 0) is 6.18 Å². The molecule has 1 heterocycles. The first-order chi connectivity index (χ1) is 13.4. The Kier molecular flexibility index (Phi) is 6.03. The number of methoxy groups -OCH3 is 1. The molecule has 1 N–H and O–H groups in total. The fourth-order valence-corrected chi connectivity index (χ4v) is 2.58. The van der Waals surface area contributed by atoms with E-state index in [9.17, 15) is 13.2 Å². The van der Waals surface area contributed by atoms with Crippen molar-refractivity contribution < 1.29 is 22.6 Å². The van der Waals surface area contributed by atoms with E-state index in [2.05, 4.69) is 20.7 Å². The largest absolute Gasteiger partial charge is 0.493 e. The van der Waals surface area contributed by atoms with Gasteiger partial charge in [0.05, 0.1) is 24.7 Å². The van der Waals surface area contributed by atoms with Gasteiger partial charge in [-0.2, -0.15) is 13.2 Å². The van der Waals surface area contributed by atoms with Crippen molar-refractivity contribution >= 4 is 34.0 Å². The lowest BCUT2D eigenvalue weighted by molar-refractivity contribution is -0.137. The summed E-state index contributed by atoms with van der Waals surface area (Å²) < 4.78 is 49.1. The molecule has 148 valence electrons. The summed E-state index contributed by atoms with van der Waals surface area (Å²) >= 11 is 5.66. The lowest BCUT2D eigenvalue weighted by Crippen LogP contribution is -2.05. The molecule has 0 bridgehead atoms. The van der Waals surface area contributed by atoms with Crippen molar-refractivity contribution in [3.8, 4) is 11.5 Å². The number of nitrogens with zero attached hydrogens (tertiary/aromatic N) is 3. The second-order valence-electron chi connectivity index (χ2n) is 5.75. The molecule has 0 saturated carbocycles.